The smallest absolute Gasteiger partial charge is 0.0621 e. The number of unbranched alkanes of at least 4 members (excludes halogenated alkanes) is 17. The van der Waals surface area contributed by atoms with Crippen molar-refractivity contribution in [3.8, 4) is 6.07 Å². The summed E-state index contributed by atoms with van der Waals surface area (Å²) in [5, 5.41) is 8.54. The van der Waals surface area contributed by atoms with Crippen molar-refractivity contribution in [2.75, 3.05) is 0 Å². The highest BCUT2D eigenvalue weighted by molar-refractivity contribution is 4.67. The molecule has 0 rings (SSSR count). The van der Waals surface area contributed by atoms with E-state index < -0.39 is 0 Å². The van der Waals surface area contributed by atoms with E-state index >= 15 is 0 Å². The summed E-state index contributed by atoms with van der Waals surface area (Å²) in [6.45, 7) is 9.79. The molecule has 0 heterocycles. The number of nitriles is 1. The van der Waals surface area contributed by atoms with Crippen LogP contribution in [0.1, 0.15) is 201 Å². The molecule has 1 nitrogen and oxygen atoms in total. The molecule has 0 aliphatic heterocycles. The first-order valence-electron chi connectivity index (χ1n) is 17.0. The van der Waals surface area contributed by atoms with E-state index in [0.29, 0.717) is 0 Å². The van der Waals surface area contributed by atoms with Crippen molar-refractivity contribution in [1.29, 1.82) is 5.26 Å². The lowest BCUT2D eigenvalue weighted by Crippen LogP contribution is -2.01. The molecule has 0 saturated heterocycles. The summed E-state index contributed by atoms with van der Waals surface area (Å²) >= 11 is 0. The summed E-state index contributed by atoms with van der Waals surface area (Å²) in [7, 11) is 0. The van der Waals surface area contributed by atoms with Crippen LogP contribution in [0.25, 0.3) is 0 Å². The highest BCUT2D eigenvalue weighted by Gasteiger charge is 2.08. The molecule has 214 valence electrons. The fourth-order valence-corrected chi connectivity index (χ4v) is 5.80. The third-order valence-corrected chi connectivity index (χ3v) is 8.57. The fraction of sp³-hybridized carbons (Fsp3) is 0.971. The Bertz CT molecular complexity index is 450. The quantitative estimate of drug-likeness (QED) is 0.0931. The second-order valence-electron chi connectivity index (χ2n) is 12.7. The van der Waals surface area contributed by atoms with Gasteiger partial charge in [-0.05, 0) is 24.2 Å². The highest BCUT2D eigenvalue weighted by Crippen LogP contribution is 2.23. The Hall–Kier alpha value is -0.510. The second kappa shape index (κ2) is 29.1. The zero-order valence-corrected chi connectivity index (χ0v) is 25.8. The summed E-state index contributed by atoms with van der Waals surface area (Å²) in [6.07, 6.45) is 37.6. The molecule has 0 fully saturated rings. The van der Waals surface area contributed by atoms with Crippen LogP contribution in [0.5, 0.6) is 0 Å². The molecule has 0 aliphatic carbocycles. The number of rotatable bonds is 29. The van der Waals surface area contributed by atoms with Crippen LogP contribution in [0, 0.1) is 29.1 Å². The van der Waals surface area contributed by atoms with Gasteiger partial charge in [0.05, 0.1) is 6.07 Å². The highest BCUT2D eigenvalue weighted by atomic mass is 14.2. The molecule has 0 N–H and O–H groups in total. The van der Waals surface area contributed by atoms with Crippen molar-refractivity contribution in [2.45, 2.75) is 201 Å². The van der Waals surface area contributed by atoms with Gasteiger partial charge in [0.15, 0.2) is 0 Å². The maximum Gasteiger partial charge on any atom is 0.0621 e. The standard InChI is InChI=1S/C35H69N/c1-5-6-7-18-21-26-33(2)28-24-30-35(4)31-25-29-34(3)27-22-19-16-14-12-10-8-9-11-13-15-17-20-23-32-36/h33-35H,5-31H2,1-4H3. The Morgan fingerprint density at radius 1 is 0.389 bits per heavy atom. The average Bonchev–Trinajstić information content (AvgIpc) is 2.86. The molecule has 0 radical (unpaired) electrons. The van der Waals surface area contributed by atoms with Crippen molar-refractivity contribution in [3.05, 3.63) is 0 Å². The Morgan fingerprint density at radius 3 is 1.00 bits per heavy atom. The topological polar surface area (TPSA) is 23.8 Å². The van der Waals surface area contributed by atoms with Gasteiger partial charge in [0.2, 0.25) is 0 Å². The van der Waals surface area contributed by atoms with Crippen LogP contribution in [0.3, 0.4) is 0 Å². The number of hydrogen-bond acceptors (Lipinski definition) is 1. The Kier molecular flexibility index (Phi) is 28.6. The van der Waals surface area contributed by atoms with Gasteiger partial charge in [-0.1, -0.05) is 188 Å². The molecule has 3 atom stereocenters. The maximum atomic E-state index is 8.54. The van der Waals surface area contributed by atoms with Crippen LogP contribution < -0.4 is 0 Å². The van der Waals surface area contributed by atoms with Crippen molar-refractivity contribution in [1.82, 2.24) is 0 Å². The van der Waals surface area contributed by atoms with Gasteiger partial charge >= 0.3 is 0 Å². The molecular formula is C35H69N. The van der Waals surface area contributed by atoms with E-state index in [1.807, 2.05) is 0 Å². The molecule has 0 aliphatic rings. The molecule has 0 amide bonds. The van der Waals surface area contributed by atoms with E-state index in [9.17, 15) is 0 Å². The Morgan fingerprint density at radius 2 is 0.667 bits per heavy atom. The summed E-state index contributed by atoms with van der Waals surface area (Å²) in [5.74, 6) is 2.81. The zero-order chi connectivity index (χ0) is 26.5. The first kappa shape index (κ1) is 35.5. The van der Waals surface area contributed by atoms with Crippen LogP contribution in [0.2, 0.25) is 0 Å². The third kappa shape index (κ3) is 28.1. The lowest BCUT2D eigenvalue weighted by atomic mass is 9.90. The maximum absolute atomic E-state index is 8.54. The van der Waals surface area contributed by atoms with Crippen LogP contribution >= 0.6 is 0 Å². The van der Waals surface area contributed by atoms with E-state index in [2.05, 4.69) is 33.8 Å². The minimum atomic E-state index is 0.747. The molecule has 0 aromatic rings. The Balaban J connectivity index is 3.35. The van der Waals surface area contributed by atoms with Gasteiger partial charge in [0, 0.05) is 6.42 Å². The first-order chi connectivity index (χ1) is 17.6. The van der Waals surface area contributed by atoms with Gasteiger partial charge < -0.3 is 0 Å². The van der Waals surface area contributed by atoms with Crippen LogP contribution in [0.4, 0.5) is 0 Å². The van der Waals surface area contributed by atoms with Crippen LogP contribution in [-0.4, -0.2) is 0 Å². The minimum Gasteiger partial charge on any atom is -0.198 e. The molecule has 0 bridgehead atoms. The zero-order valence-electron chi connectivity index (χ0n) is 25.8. The SMILES string of the molecule is CCCCCCCC(C)CCCC(C)CCCC(C)CCCCCCCCCCCCCCCC#N. The van der Waals surface area contributed by atoms with Crippen molar-refractivity contribution < 1.29 is 0 Å². The van der Waals surface area contributed by atoms with Gasteiger partial charge in [-0.3, -0.25) is 0 Å². The van der Waals surface area contributed by atoms with Gasteiger partial charge in [0.1, 0.15) is 0 Å². The molecule has 0 aromatic heterocycles. The third-order valence-electron chi connectivity index (χ3n) is 8.57. The summed E-state index contributed by atoms with van der Waals surface area (Å²) in [6, 6.07) is 2.24. The van der Waals surface area contributed by atoms with Crippen molar-refractivity contribution in [2.24, 2.45) is 17.8 Å². The average molecular weight is 504 g/mol. The van der Waals surface area contributed by atoms with Gasteiger partial charge in [-0.25, -0.2) is 0 Å². The summed E-state index contributed by atoms with van der Waals surface area (Å²) < 4.78 is 0. The minimum absolute atomic E-state index is 0.747. The molecule has 0 aromatic carbocycles. The Labute approximate surface area is 230 Å². The lowest BCUT2D eigenvalue weighted by Gasteiger charge is -2.16. The van der Waals surface area contributed by atoms with Crippen molar-refractivity contribution in [3.63, 3.8) is 0 Å². The fourth-order valence-electron chi connectivity index (χ4n) is 5.80. The summed E-state index contributed by atoms with van der Waals surface area (Å²) in [4.78, 5) is 0. The predicted molar refractivity (Wildman–Crippen MR) is 163 cm³/mol. The monoisotopic (exact) mass is 504 g/mol. The lowest BCUT2D eigenvalue weighted by molar-refractivity contribution is 0.373. The van der Waals surface area contributed by atoms with E-state index in [4.69, 9.17) is 5.26 Å². The second-order valence-corrected chi connectivity index (χ2v) is 12.7. The molecule has 3 unspecified atom stereocenters. The van der Waals surface area contributed by atoms with E-state index in [1.54, 1.807) is 0 Å². The van der Waals surface area contributed by atoms with Crippen molar-refractivity contribution >= 4 is 0 Å². The van der Waals surface area contributed by atoms with Gasteiger partial charge in [-0.2, -0.15) is 5.26 Å². The van der Waals surface area contributed by atoms with E-state index in [1.165, 1.54) is 161 Å². The first-order valence-corrected chi connectivity index (χ1v) is 17.0. The van der Waals surface area contributed by atoms with Crippen LogP contribution in [0.15, 0.2) is 0 Å². The van der Waals surface area contributed by atoms with E-state index in [0.717, 1.165) is 30.6 Å². The van der Waals surface area contributed by atoms with Gasteiger partial charge in [0.25, 0.3) is 0 Å². The molecular weight excluding hydrogens is 434 g/mol. The molecule has 0 spiro atoms. The van der Waals surface area contributed by atoms with E-state index in [-0.39, 0.29) is 0 Å². The molecule has 0 saturated carbocycles. The largest absolute Gasteiger partial charge is 0.198 e. The molecule has 1 heteroatoms. The number of hydrogen-bond donors (Lipinski definition) is 0. The number of nitrogens with zero attached hydrogens (tertiary/aromatic N) is 1. The van der Waals surface area contributed by atoms with Gasteiger partial charge in [-0.15, -0.1) is 0 Å². The molecule has 36 heavy (non-hydrogen) atoms. The summed E-state index contributed by atoms with van der Waals surface area (Å²) in [5.41, 5.74) is 0. The normalized spacial score (nSPS) is 14.0. The predicted octanol–water partition coefficient (Wildman–Crippen LogP) is 13.0. The van der Waals surface area contributed by atoms with Crippen LogP contribution in [-0.2, 0) is 0 Å².